The standard InChI is InChI=1S/C17H27N3O2/c1-14-3-5-16(6-4-14)19-17(21)18-13-15-7-9-20(10-8-15)11-12-22-2/h3-6,15H,7-13H2,1-2H3,(H2,18,19,21). The third-order valence-corrected chi connectivity index (χ3v) is 4.18. The molecule has 5 nitrogen and oxygen atoms in total. The van der Waals surface area contributed by atoms with Crippen LogP contribution in [0.5, 0.6) is 0 Å². The summed E-state index contributed by atoms with van der Waals surface area (Å²) < 4.78 is 5.11. The number of likely N-dealkylation sites (tertiary alicyclic amines) is 1. The fourth-order valence-corrected chi connectivity index (χ4v) is 2.68. The van der Waals surface area contributed by atoms with Crippen molar-refractivity contribution in [2.24, 2.45) is 5.92 Å². The van der Waals surface area contributed by atoms with Gasteiger partial charge in [0, 0.05) is 25.9 Å². The Kier molecular flexibility index (Phi) is 6.68. The quantitative estimate of drug-likeness (QED) is 0.849. The van der Waals surface area contributed by atoms with E-state index in [1.165, 1.54) is 5.56 Å². The molecule has 0 saturated carbocycles. The molecule has 0 spiro atoms. The van der Waals surface area contributed by atoms with Crippen LogP contribution in [0.1, 0.15) is 18.4 Å². The van der Waals surface area contributed by atoms with Gasteiger partial charge >= 0.3 is 6.03 Å². The largest absolute Gasteiger partial charge is 0.383 e. The number of nitrogens with one attached hydrogen (secondary N) is 2. The van der Waals surface area contributed by atoms with E-state index in [2.05, 4.69) is 15.5 Å². The SMILES string of the molecule is COCCN1CCC(CNC(=O)Nc2ccc(C)cc2)CC1. The predicted octanol–water partition coefficient (Wildman–Crippen LogP) is 2.47. The van der Waals surface area contributed by atoms with Gasteiger partial charge in [0.25, 0.3) is 0 Å². The lowest BCUT2D eigenvalue weighted by molar-refractivity contribution is 0.120. The topological polar surface area (TPSA) is 53.6 Å². The van der Waals surface area contributed by atoms with Crippen LogP contribution in [-0.2, 0) is 4.74 Å². The number of piperidine rings is 1. The molecule has 1 saturated heterocycles. The van der Waals surface area contributed by atoms with E-state index in [4.69, 9.17) is 4.74 Å². The molecule has 1 heterocycles. The van der Waals surface area contributed by atoms with Crippen molar-refractivity contribution >= 4 is 11.7 Å². The van der Waals surface area contributed by atoms with E-state index in [0.29, 0.717) is 5.92 Å². The number of aryl methyl sites for hydroxylation is 1. The molecule has 0 radical (unpaired) electrons. The minimum atomic E-state index is -0.120. The van der Waals surface area contributed by atoms with Crippen LogP contribution in [-0.4, -0.2) is 50.8 Å². The molecule has 1 aliphatic rings. The third kappa shape index (κ3) is 5.66. The number of amides is 2. The van der Waals surface area contributed by atoms with E-state index in [1.807, 2.05) is 31.2 Å². The lowest BCUT2D eigenvalue weighted by Crippen LogP contribution is -2.40. The van der Waals surface area contributed by atoms with Crippen LogP contribution in [0.3, 0.4) is 0 Å². The molecule has 0 bridgehead atoms. The van der Waals surface area contributed by atoms with E-state index in [0.717, 1.165) is 51.3 Å². The number of ether oxygens (including phenoxy) is 1. The predicted molar refractivity (Wildman–Crippen MR) is 89.2 cm³/mol. The highest BCUT2D eigenvalue weighted by Crippen LogP contribution is 2.16. The number of rotatable bonds is 6. The van der Waals surface area contributed by atoms with Crippen LogP contribution in [0, 0.1) is 12.8 Å². The number of hydrogen-bond acceptors (Lipinski definition) is 3. The molecule has 22 heavy (non-hydrogen) atoms. The average molecular weight is 305 g/mol. The summed E-state index contributed by atoms with van der Waals surface area (Å²) in [6, 6.07) is 7.70. The number of benzene rings is 1. The third-order valence-electron chi connectivity index (χ3n) is 4.18. The molecule has 122 valence electrons. The molecule has 2 amide bonds. The molecule has 0 aliphatic carbocycles. The highest BCUT2D eigenvalue weighted by Gasteiger charge is 2.19. The zero-order chi connectivity index (χ0) is 15.8. The van der Waals surface area contributed by atoms with Crippen molar-refractivity contribution in [1.82, 2.24) is 10.2 Å². The number of urea groups is 1. The van der Waals surface area contributed by atoms with Gasteiger partial charge in [0.15, 0.2) is 0 Å². The molecule has 2 rings (SSSR count). The molecule has 0 atom stereocenters. The van der Waals surface area contributed by atoms with Crippen LogP contribution in [0.2, 0.25) is 0 Å². The summed E-state index contributed by atoms with van der Waals surface area (Å²) in [7, 11) is 1.74. The maximum atomic E-state index is 11.9. The van der Waals surface area contributed by atoms with Gasteiger partial charge in [-0.1, -0.05) is 17.7 Å². The number of nitrogens with zero attached hydrogens (tertiary/aromatic N) is 1. The van der Waals surface area contributed by atoms with Crippen LogP contribution >= 0.6 is 0 Å². The van der Waals surface area contributed by atoms with Gasteiger partial charge in [-0.05, 0) is 50.9 Å². The first-order valence-electron chi connectivity index (χ1n) is 8.00. The first kappa shape index (κ1) is 16.8. The average Bonchev–Trinajstić information content (AvgIpc) is 2.54. The van der Waals surface area contributed by atoms with E-state index in [-0.39, 0.29) is 6.03 Å². The summed E-state index contributed by atoms with van der Waals surface area (Å²) >= 11 is 0. The maximum absolute atomic E-state index is 11.9. The molecule has 1 aliphatic heterocycles. The second kappa shape index (κ2) is 8.76. The van der Waals surface area contributed by atoms with Crippen LogP contribution in [0.4, 0.5) is 10.5 Å². The van der Waals surface area contributed by atoms with Gasteiger partial charge in [-0.3, -0.25) is 0 Å². The van der Waals surface area contributed by atoms with Crippen molar-refractivity contribution in [2.45, 2.75) is 19.8 Å². The molecule has 0 aromatic heterocycles. The molecule has 2 N–H and O–H groups in total. The van der Waals surface area contributed by atoms with Gasteiger partial charge in [-0.25, -0.2) is 4.79 Å². The second-order valence-electron chi connectivity index (χ2n) is 5.98. The molecule has 0 unspecified atom stereocenters. The van der Waals surface area contributed by atoms with Crippen molar-refractivity contribution < 1.29 is 9.53 Å². The number of hydrogen-bond donors (Lipinski definition) is 2. The number of carbonyl (C=O) groups is 1. The number of carbonyl (C=O) groups excluding carboxylic acids is 1. The summed E-state index contributed by atoms with van der Waals surface area (Å²) in [5.41, 5.74) is 2.02. The minimum Gasteiger partial charge on any atom is -0.383 e. The molecule has 1 aromatic rings. The summed E-state index contributed by atoms with van der Waals surface area (Å²) in [5, 5.41) is 5.85. The number of anilines is 1. The van der Waals surface area contributed by atoms with Crippen LogP contribution in [0.15, 0.2) is 24.3 Å². The Balaban J connectivity index is 1.64. The Bertz CT molecular complexity index is 453. The maximum Gasteiger partial charge on any atom is 0.319 e. The zero-order valence-corrected chi connectivity index (χ0v) is 13.6. The van der Waals surface area contributed by atoms with E-state index < -0.39 is 0 Å². The normalized spacial score (nSPS) is 16.5. The summed E-state index contributed by atoms with van der Waals surface area (Å²) in [6.07, 6.45) is 2.27. The fraction of sp³-hybridized carbons (Fsp3) is 0.588. The number of methoxy groups -OCH3 is 1. The van der Waals surface area contributed by atoms with Crippen molar-refractivity contribution in [1.29, 1.82) is 0 Å². The van der Waals surface area contributed by atoms with Gasteiger partial charge < -0.3 is 20.3 Å². The monoisotopic (exact) mass is 305 g/mol. The molecule has 1 fully saturated rings. The summed E-state index contributed by atoms with van der Waals surface area (Å²) in [6.45, 7) is 6.76. The van der Waals surface area contributed by atoms with Crippen molar-refractivity contribution in [3.8, 4) is 0 Å². The van der Waals surface area contributed by atoms with E-state index in [9.17, 15) is 4.79 Å². The molecular formula is C17H27N3O2. The molecule has 5 heteroatoms. The Morgan fingerprint density at radius 1 is 1.27 bits per heavy atom. The highest BCUT2D eigenvalue weighted by atomic mass is 16.5. The summed E-state index contributed by atoms with van der Waals surface area (Å²) in [5.74, 6) is 0.572. The van der Waals surface area contributed by atoms with Gasteiger partial charge in [-0.2, -0.15) is 0 Å². The zero-order valence-electron chi connectivity index (χ0n) is 13.6. The van der Waals surface area contributed by atoms with Crippen molar-refractivity contribution in [3.63, 3.8) is 0 Å². The van der Waals surface area contributed by atoms with Crippen molar-refractivity contribution in [2.75, 3.05) is 45.2 Å². The molecule has 1 aromatic carbocycles. The van der Waals surface area contributed by atoms with Crippen molar-refractivity contribution in [3.05, 3.63) is 29.8 Å². The van der Waals surface area contributed by atoms with Gasteiger partial charge in [0.1, 0.15) is 0 Å². The van der Waals surface area contributed by atoms with E-state index in [1.54, 1.807) is 7.11 Å². The fourth-order valence-electron chi connectivity index (χ4n) is 2.68. The van der Waals surface area contributed by atoms with Crippen LogP contribution < -0.4 is 10.6 Å². The second-order valence-corrected chi connectivity index (χ2v) is 5.98. The van der Waals surface area contributed by atoms with Gasteiger partial charge in [0.2, 0.25) is 0 Å². The van der Waals surface area contributed by atoms with Crippen LogP contribution in [0.25, 0.3) is 0 Å². The smallest absolute Gasteiger partial charge is 0.319 e. The first-order valence-corrected chi connectivity index (χ1v) is 8.00. The Labute approximate surface area is 133 Å². The lowest BCUT2D eigenvalue weighted by Gasteiger charge is -2.31. The van der Waals surface area contributed by atoms with Gasteiger partial charge in [0.05, 0.1) is 6.61 Å². The lowest BCUT2D eigenvalue weighted by atomic mass is 9.97. The Hall–Kier alpha value is -1.59. The van der Waals surface area contributed by atoms with E-state index >= 15 is 0 Å². The van der Waals surface area contributed by atoms with Gasteiger partial charge in [-0.15, -0.1) is 0 Å². The minimum absolute atomic E-state index is 0.120. The summed E-state index contributed by atoms with van der Waals surface area (Å²) in [4.78, 5) is 14.3. The highest BCUT2D eigenvalue weighted by molar-refractivity contribution is 5.89. The Morgan fingerprint density at radius 3 is 2.59 bits per heavy atom. The Morgan fingerprint density at radius 2 is 1.95 bits per heavy atom. The first-order chi connectivity index (χ1) is 10.7. The molecular weight excluding hydrogens is 278 g/mol.